The highest BCUT2D eigenvalue weighted by atomic mass is 16.6. The fourth-order valence-electron chi connectivity index (χ4n) is 1.05. The van der Waals surface area contributed by atoms with Crippen LogP contribution in [0.3, 0.4) is 0 Å². The van der Waals surface area contributed by atoms with Crippen LogP contribution in [0.5, 0.6) is 0 Å². The van der Waals surface area contributed by atoms with Crippen molar-refractivity contribution in [2.24, 2.45) is 10.8 Å². The van der Waals surface area contributed by atoms with Crippen LogP contribution in [0.4, 0.5) is 0 Å². The Labute approximate surface area is 116 Å². The van der Waals surface area contributed by atoms with Gasteiger partial charge in [0.2, 0.25) is 0 Å². The van der Waals surface area contributed by atoms with Crippen molar-refractivity contribution in [3.63, 3.8) is 0 Å². The normalized spacial score (nSPS) is 13.8. The average molecular weight is 272 g/mol. The Morgan fingerprint density at radius 1 is 0.947 bits per heavy atom. The van der Waals surface area contributed by atoms with Gasteiger partial charge < -0.3 is 9.47 Å². The van der Waals surface area contributed by atoms with E-state index in [1.807, 2.05) is 41.5 Å². The second-order valence-electron chi connectivity index (χ2n) is 6.29. The van der Waals surface area contributed by atoms with Gasteiger partial charge in [0, 0.05) is 0 Å². The maximum atomic E-state index is 11.8. The van der Waals surface area contributed by atoms with Crippen molar-refractivity contribution in [1.82, 2.24) is 0 Å². The SMILES string of the molecule is CCC(C)(C)C(=O)OCC(C)OC(=O)C(C)(C)CC. The summed E-state index contributed by atoms with van der Waals surface area (Å²) in [5.74, 6) is -0.513. The highest BCUT2D eigenvalue weighted by Gasteiger charge is 2.30. The zero-order chi connectivity index (χ0) is 15.3. The Hall–Kier alpha value is -1.06. The van der Waals surface area contributed by atoms with Crippen LogP contribution in [-0.2, 0) is 19.1 Å². The van der Waals surface area contributed by atoms with Crippen LogP contribution in [0.25, 0.3) is 0 Å². The summed E-state index contributed by atoms with van der Waals surface area (Å²) in [4.78, 5) is 23.6. The van der Waals surface area contributed by atoms with Crippen LogP contribution in [0.2, 0.25) is 0 Å². The van der Waals surface area contributed by atoms with E-state index in [0.717, 1.165) is 0 Å². The van der Waals surface area contributed by atoms with Gasteiger partial charge in [0.05, 0.1) is 10.8 Å². The molecule has 0 saturated heterocycles. The standard InChI is InChI=1S/C15H28O4/c1-8-14(4,5)12(16)18-10-11(3)19-13(17)15(6,7)9-2/h11H,8-10H2,1-7H3. The molecule has 0 amide bonds. The first kappa shape index (κ1) is 17.9. The van der Waals surface area contributed by atoms with E-state index in [2.05, 4.69) is 0 Å². The second-order valence-corrected chi connectivity index (χ2v) is 6.29. The minimum Gasteiger partial charge on any atom is -0.461 e. The molecule has 0 heterocycles. The second kappa shape index (κ2) is 6.92. The summed E-state index contributed by atoms with van der Waals surface area (Å²) in [5, 5.41) is 0. The van der Waals surface area contributed by atoms with E-state index in [1.165, 1.54) is 0 Å². The first-order valence-corrected chi connectivity index (χ1v) is 6.95. The maximum absolute atomic E-state index is 11.8. The lowest BCUT2D eigenvalue weighted by atomic mass is 9.90. The summed E-state index contributed by atoms with van der Waals surface area (Å²) in [6, 6.07) is 0. The van der Waals surface area contributed by atoms with Gasteiger partial charge in [-0.3, -0.25) is 9.59 Å². The van der Waals surface area contributed by atoms with Crippen molar-refractivity contribution in [2.75, 3.05) is 6.61 Å². The van der Waals surface area contributed by atoms with Crippen LogP contribution < -0.4 is 0 Å². The Balaban J connectivity index is 4.25. The summed E-state index contributed by atoms with van der Waals surface area (Å²) in [5.41, 5.74) is -0.993. The molecule has 0 aromatic carbocycles. The molecule has 0 aliphatic heterocycles. The number of hydrogen-bond donors (Lipinski definition) is 0. The van der Waals surface area contributed by atoms with Crippen LogP contribution in [-0.4, -0.2) is 24.6 Å². The largest absolute Gasteiger partial charge is 0.461 e. The first-order valence-electron chi connectivity index (χ1n) is 6.95. The Morgan fingerprint density at radius 3 is 1.79 bits per heavy atom. The summed E-state index contributed by atoms with van der Waals surface area (Å²) < 4.78 is 10.5. The number of esters is 2. The zero-order valence-corrected chi connectivity index (χ0v) is 13.3. The van der Waals surface area contributed by atoms with E-state index in [-0.39, 0.29) is 18.5 Å². The quantitative estimate of drug-likeness (QED) is 0.667. The molecule has 0 saturated carbocycles. The minimum atomic E-state index is -0.499. The molecule has 4 heteroatoms. The third-order valence-corrected chi connectivity index (χ3v) is 3.63. The lowest BCUT2D eigenvalue weighted by Crippen LogP contribution is -2.33. The van der Waals surface area contributed by atoms with Gasteiger partial charge in [0.25, 0.3) is 0 Å². The lowest BCUT2D eigenvalue weighted by Gasteiger charge is -2.25. The lowest BCUT2D eigenvalue weighted by molar-refractivity contribution is -0.169. The number of ether oxygens (including phenoxy) is 2. The molecule has 0 radical (unpaired) electrons. The monoisotopic (exact) mass is 272 g/mol. The third kappa shape index (κ3) is 5.62. The van der Waals surface area contributed by atoms with Gasteiger partial charge in [-0.05, 0) is 47.5 Å². The topological polar surface area (TPSA) is 52.6 Å². The molecule has 0 bridgehead atoms. The molecule has 0 fully saturated rings. The van der Waals surface area contributed by atoms with Crippen molar-refractivity contribution < 1.29 is 19.1 Å². The Morgan fingerprint density at radius 2 is 1.37 bits per heavy atom. The molecule has 4 nitrogen and oxygen atoms in total. The third-order valence-electron chi connectivity index (χ3n) is 3.63. The molecular formula is C15H28O4. The molecule has 0 aliphatic rings. The van der Waals surface area contributed by atoms with Crippen LogP contribution in [0.15, 0.2) is 0 Å². The van der Waals surface area contributed by atoms with E-state index in [0.29, 0.717) is 12.8 Å². The van der Waals surface area contributed by atoms with E-state index in [9.17, 15) is 9.59 Å². The highest BCUT2D eigenvalue weighted by molar-refractivity contribution is 5.76. The maximum Gasteiger partial charge on any atom is 0.311 e. The summed E-state index contributed by atoms with van der Waals surface area (Å²) in [6.45, 7) is 13.1. The predicted molar refractivity (Wildman–Crippen MR) is 74.7 cm³/mol. The smallest absolute Gasteiger partial charge is 0.311 e. The highest BCUT2D eigenvalue weighted by Crippen LogP contribution is 2.23. The molecule has 0 rings (SSSR count). The van der Waals surface area contributed by atoms with Crippen molar-refractivity contribution in [3.05, 3.63) is 0 Å². The molecule has 0 aromatic heterocycles. The van der Waals surface area contributed by atoms with Gasteiger partial charge in [0.15, 0.2) is 0 Å². The van der Waals surface area contributed by atoms with Crippen molar-refractivity contribution in [2.45, 2.75) is 67.4 Å². The molecule has 0 N–H and O–H groups in total. The summed E-state index contributed by atoms with van der Waals surface area (Å²) >= 11 is 0. The van der Waals surface area contributed by atoms with Gasteiger partial charge in [-0.2, -0.15) is 0 Å². The van der Waals surface area contributed by atoms with Gasteiger partial charge in [-0.25, -0.2) is 0 Å². The van der Waals surface area contributed by atoms with Crippen LogP contribution >= 0.6 is 0 Å². The summed E-state index contributed by atoms with van der Waals surface area (Å²) in [6.07, 6.45) is 0.999. The zero-order valence-electron chi connectivity index (χ0n) is 13.3. The molecule has 0 aromatic rings. The molecule has 0 spiro atoms. The minimum absolute atomic E-state index is 0.105. The number of carbonyl (C=O) groups is 2. The predicted octanol–water partition coefficient (Wildman–Crippen LogP) is 3.33. The molecular weight excluding hydrogens is 244 g/mol. The average Bonchev–Trinajstić information content (AvgIpc) is 2.35. The molecule has 1 atom stereocenters. The van der Waals surface area contributed by atoms with Crippen LogP contribution in [0, 0.1) is 10.8 Å². The van der Waals surface area contributed by atoms with Crippen molar-refractivity contribution in [3.8, 4) is 0 Å². The molecule has 0 aliphatic carbocycles. The van der Waals surface area contributed by atoms with Gasteiger partial charge in [-0.15, -0.1) is 0 Å². The Kier molecular flexibility index (Phi) is 6.53. The number of hydrogen-bond acceptors (Lipinski definition) is 4. The van der Waals surface area contributed by atoms with E-state index < -0.39 is 16.9 Å². The number of rotatable bonds is 7. The van der Waals surface area contributed by atoms with E-state index in [4.69, 9.17) is 9.47 Å². The van der Waals surface area contributed by atoms with Crippen molar-refractivity contribution >= 4 is 11.9 Å². The van der Waals surface area contributed by atoms with Crippen molar-refractivity contribution in [1.29, 1.82) is 0 Å². The number of carbonyl (C=O) groups excluding carboxylic acids is 2. The van der Waals surface area contributed by atoms with Gasteiger partial charge in [-0.1, -0.05) is 13.8 Å². The fourth-order valence-corrected chi connectivity index (χ4v) is 1.05. The fraction of sp³-hybridized carbons (Fsp3) is 0.867. The summed E-state index contributed by atoms with van der Waals surface area (Å²) in [7, 11) is 0. The van der Waals surface area contributed by atoms with E-state index >= 15 is 0 Å². The van der Waals surface area contributed by atoms with Crippen LogP contribution in [0.1, 0.15) is 61.3 Å². The Bertz CT molecular complexity index is 318. The van der Waals surface area contributed by atoms with Gasteiger partial charge >= 0.3 is 11.9 Å². The molecule has 112 valence electrons. The molecule has 1 unspecified atom stereocenters. The first-order chi connectivity index (χ1) is 8.56. The molecule has 19 heavy (non-hydrogen) atoms. The van der Waals surface area contributed by atoms with E-state index in [1.54, 1.807) is 6.92 Å². The van der Waals surface area contributed by atoms with Gasteiger partial charge in [0.1, 0.15) is 12.7 Å².